The summed E-state index contributed by atoms with van der Waals surface area (Å²) in [4.78, 5) is 41.4. The summed E-state index contributed by atoms with van der Waals surface area (Å²) in [7, 11) is 0. The van der Waals surface area contributed by atoms with Crippen LogP contribution in [0.4, 0.5) is 0 Å². The molecule has 0 spiro atoms. The third kappa shape index (κ3) is 3.40. The normalized spacial score (nSPS) is 26.4. The van der Waals surface area contributed by atoms with Gasteiger partial charge in [0.15, 0.2) is 0 Å². The van der Waals surface area contributed by atoms with Gasteiger partial charge in [-0.3, -0.25) is 19.0 Å². The van der Waals surface area contributed by atoms with Crippen molar-refractivity contribution in [2.24, 2.45) is 5.92 Å². The summed E-state index contributed by atoms with van der Waals surface area (Å²) >= 11 is 0. The van der Waals surface area contributed by atoms with E-state index in [1.807, 2.05) is 11.0 Å². The fraction of sp³-hybridized carbons (Fsp3) is 0.542. The summed E-state index contributed by atoms with van der Waals surface area (Å²) in [6.45, 7) is 3.12. The molecular formula is C24H29N3O4. The molecular weight excluding hydrogens is 394 g/mol. The fourth-order valence-corrected chi connectivity index (χ4v) is 5.96. The van der Waals surface area contributed by atoms with Crippen molar-refractivity contribution in [2.45, 2.75) is 62.9 Å². The second-order valence-corrected chi connectivity index (χ2v) is 9.35. The summed E-state index contributed by atoms with van der Waals surface area (Å²) in [5.74, 6) is -0.230. The highest BCUT2D eigenvalue weighted by atomic mass is 16.3. The minimum atomic E-state index is -0.594. The van der Waals surface area contributed by atoms with Gasteiger partial charge in [-0.1, -0.05) is 25.8 Å². The number of nitrogens with one attached hydrogen (secondary N) is 1. The van der Waals surface area contributed by atoms with Crippen molar-refractivity contribution in [1.82, 2.24) is 14.8 Å². The molecule has 3 aliphatic rings. The van der Waals surface area contributed by atoms with Crippen molar-refractivity contribution in [1.29, 1.82) is 0 Å². The van der Waals surface area contributed by atoms with E-state index in [1.165, 1.54) is 18.6 Å². The number of rotatable bonds is 4. The number of pyridine rings is 1. The van der Waals surface area contributed by atoms with Crippen LogP contribution in [0.25, 0.3) is 0 Å². The summed E-state index contributed by atoms with van der Waals surface area (Å²) in [6.07, 6.45) is 8.85. The Bertz CT molecular complexity index is 1040. The lowest BCUT2D eigenvalue weighted by Crippen LogP contribution is -2.57. The minimum absolute atomic E-state index is 0.0409. The van der Waals surface area contributed by atoms with Crippen LogP contribution < -0.4 is 10.9 Å². The highest BCUT2D eigenvalue weighted by Gasteiger charge is 2.46. The summed E-state index contributed by atoms with van der Waals surface area (Å²) in [5, 5.41) is 3.34. The van der Waals surface area contributed by atoms with Gasteiger partial charge in [0.1, 0.15) is 12.3 Å². The number of piperidine rings is 1. The lowest BCUT2D eigenvalue weighted by molar-refractivity contribution is -0.129. The van der Waals surface area contributed by atoms with E-state index in [9.17, 15) is 14.4 Å². The van der Waals surface area contributed by atoms with Crippen molar-refractivity contribution in [3.05, 3.63) is 58.4 Å². The monoisotopic (exact) mass is 423 g/mol. The van der Waals surface area contributed by atoms with Crippen LogP contribution >= 0.6 is 0 Å². The van der Waals surface area contributed by atoms with Crippen LogP contribution in [0.15, 0.2) is 46.0 Å². The molecule has 2 bridgehead atoms. The molecule has 2 aromatic heterocycles. The summed E-state index contributed by atoms with van der Waals surface area (Å²) in [6, 6.07) is 6.29. The number of likely N-dealkylation sites (tertiary alicyclic amines) is 1. The first-order chi connectivity index (χ1) is 15.0. The van der Waals surface area contributed by atoms with E-state index >= 15 is 0 Å². The number of carbonyl (C=O) groups excluding carboxylic acids is 2. The maximum Gasteiger partial charge on any atom is 0.257 e. The predicted octanol–water partition coefficient (Wildman–Crippen LogP) is 3.08. The smallest absolute Gasteiger partial charge is 0.257 e. The zero-order chi connectivity index (χ0) is 21.6. The number of aromatic nitrogens is 1. The molecule has 1 saturated heterocycles. The van der Waals surface area contributed by atoms with E-state index in [1.54, 1.807) is 16.7 Å². The van der Waals surface area contributed by atoms with E-state index in [0.717, 1.165) is 44.2 Å². The van der Waals surface area contributed by atoms with E-state index in [-0.39, 0.29) is 34.7 Å². The van der Waals surface area contributed by atoms with Crippen molar-refractivity contribution in [3.63, 3.8) is 0 Å². The van der Waals surface area contributed by atoms with Crippen LogP contribution in [0.5, 0.6) is 0 Å². The average molecular weight is 424 g/mol. The number of furan rings is 1. The van der Waals surface area contributed by atoms with Gasteiger partial charge in [-0.2, -0.15) is 0 Å². The molecule has 2 amide bonds. The maximum atomic E-state index is 13.6. The Morgan fingerprint density at radius 3 is 2.71 bits per heavy atom. The second kappa shape index (κ2) is 7.70. The third-order valence-corrected chi connectivity index (χ3v) is 7.60. The Labute approximate surface area is 181 Å². The van der Waals surface area contributed by atoms with Crippen LogP contribution in [0.2, 0.25) is 0 Å². The summed E-state index contributed by atoms with van der Waals surface area (Å²) < 4.78 is 6.79. The van der Waals surface area contributed by atoms with Gasteiger partial charge in [0, 0.05) is 42.2 Å². The zero-order valence-electron chi connectivity index (χ0n) is 17.9. The SMILES string of the molecule is CCC1(NC(=O)[C@H]2[C@H]3C[C@H](CN(C(=O)c4ccoc4)C3)c3cccc(=O)n32)CCCC1. The Kier molecular flexibility index (Phi) is 4.99. The maximum absolute atomic E-state index is 13.6. The lowest BCUT2D eigenvalue weighted by atomic mass is 9.77. The average Bonchev–Trinajstić information content (AvgIpc) is 3.47. The van der Waals surface area contributed by atoms with Crippen LogP contribution in [0, 0.1) is 5.92 Å². The molecule has 31 heavy (non-hydrogen) atoms. The Hall–Kier alpha value is -2.83. The predicted molar refractivity (Wildman–Crippen MR) is 115 cm³/mol. The van der Waals surface area contributed by atoms with E-state index in [0.29, 0.717) is 18.7 Å². The number of amides is 2. The van der Waals surface area contributed by atoms with Crippen LogP contribution in [-0.2, 0) is 4.79 Å². The topological polar surface area (TPSA) is 84.6 Å². The first-order valence-electron chi connectivity index (χ1n) is 11.4. The molecule has 5 rings (SSSR count). The van der Waals surface area contributed by atoms with Gasteiger partial charge in [-0.05, 0) is 37.8 Å². The Morgan fingerprint density at radius 1 is 1.19 bits per heavy atom. The molecule has 1 N–H and O–H groups in total. The minimum Gasteiger partial charge on any atom is -0.472 e. The highest BCUT2D eigenvalue weighted by Crippen LogP contribution is 2.42. The molecule has 0 unspecified atom stereocenters. The van der Waals surface area contributed by atoms with Gasteiger partial charge < -0.3 is 14.6 Å². The molecule has 164 valence electrons. The molecule has 0 aromatic carbocycles. The van der Waals surface area contributed by atoms with E-state index in [4.69, 9.17) is 4.42 Å². The molecule has 3 atom stereocenters. The van der Waals surface area contributed by atoms with Crippen LogP contribution in [0.1, 0.15) is 73.5 Å². The van der Waals surface area contributed by atoms with Crippen molar-refractivity contribution in [3.8, 4) is 0 Å². The Balaban J connectivity index is 1.50. The van der Waals surface area contributed by atoms with Gasteiger partial charge in [-0.15, -0.1) is 0 Å². The first kappa shape index (κ1) is 20.1. The Morgan fingerprint density at radius 2 is 2.00 bits per heavy atom. The van der Waals surface area contributed by atoms with Crippen LogP contribution in [0.3, 0.4) is 0 Å². The van der Waals surface area contributed by atoms with Crippen LogP contribution in [-0.4, -0.2) is 39.9 Å². The molecule has 7 nitrogen and oxygen atoms in total. The molecule has 2 fully saturated rings. The van der Waals surface area contributed by atoms with E-state index < -0.39 is 6.04 Å². The molecule has 1 saturated carbocycles. The largest absolute Gasteiger partial charge is 0.472 e. The third-order valence-electron chi connectivity index (χ3n) is 7.60. The van der Waals surface area contributed by atoms with Gasteiger partial charge in [-0.25, -0.2) is 0 Å². The van der Waals surface area contributed by atoms with Gasteiger partial charge in [0.25, 0.3) is 11.5 Å². The molecule has 1 aliphatic carbocycles. The highest BCUT2D eigenvalue weighted by molar-refractivity contribution is 5.94. The van der Waals surface area contributed by atoms with Gasteiger partial charge in [0.2, 0.25) is 5.91 Å². The van der Waals surface area contributed by atoms with E-state index in [2.05, 4.69) is 12.2 Å². The number of carbonyl (C=O) groups is 2. The number of hydrogen-bond acceptors (Lipinski definition) is 4. The van der Waals surface area contributed by atoms with Gasteiger partial charge >= 0.3 is 0 Å². The zero-order valence-corrected chi connectivity index (χ0v) is 17.9. The molecule has 0 radical (unpaired) electrons. The number of fused-ring (bicyclic) bond motifs is 4. The van der Waals surface area contributed by atoms with Gasteiger partial charge in [0.05, 0.1) is 11.8 Å². The number of nitrogens with zero attached hydrogens (tertiary/aromatic N) is 2. The number of hydrogen-bond donors (Lipinski definition) is 1. The molecule has 7 heteroatoms. The standard InChI is InChI=1S/C24H29N3O4/c1-2-24(9-3-4-10-24)25-22(29)21-18-12-17(19-6-5-7-20(28)27(19)21)13-26(14-18)23(30)16-8-11-31-15-16/h5-8,11,15,17-18,21H,2-4,9-10,12-14H2,1H3,(H,25,29)/t17-,18+,21-/m1/s1. The quantitative estimate of drug-likeness (QED) is 0.819. The fourth-order valence-electron chi connectivity index (χ4n) is 5.96. The lowest BCUT2D eigenvalue weighted by Gasteiger charge is -2.47. The molecule has 2 aromatic rings. The first-order valence-corrected chi connectivity index (χ1v) is 11.4. The van der Waals surface area contributed by atoms with Crippen molar-refractivity contribution < 1.29 is 14.0 Å². The second-order valence-electron chi connectivity index (χ2n) is 9.35. The van der Waals surface area contributed by atoms with Crippen molar-refractivity contribution in [2.75, 3.05) is 13.1 Å². The molecule has 4 heterocycles. The molecule has 2 aliphatic heterocycles. The van der Waals surface area contributed by atoms with Crippen molar-refractivity contribution >= 4 is 11.8 Å². The summed E-state index contributed by atoms with van der Waals surface area (Å²) in [5.41, 5.74) is 1.06.